The van der Waals surface area contributed by atoms with Gasteiger partial charge in [0, 0.05) is 33.3 Å². The minimum absolute atomic E-state index is 0. The Morgan fingerprint density at radius 3 is 2.50 bits per heavy atom. The normalized spacial score (nSPS) is 18.9. The lowest BCUT2D eigenvalue weighted by Gasteiger charge is -2.34. The van der Waals surface area contributed by atoms with E-state index in [1.54, 1.807) is 0 Å². The number of ether oxygens (including phenoxy) is 2. The van der Waals surface area contributed by atoms with Gasteiger partial charge < -0.3 is 19.7 Å². The summed E-state index contributed by atoms with van der Waals surface area (Å²) in [5.74, 6) is 1.79. The highest BCUT2D eigenvalue weighted by Crippen LogP contribution is 2.26. The lowest BCUT2D eigenvalue weighted by molar-refractivity contribution is 0.000954. The van der Waals surface area contributed by atoms with Crippen LogP contribution in [0, 0.1) is 5.92 Å². The van der Waals surface area contributed by atoms with Gasteiger partial charge in [0.15, 0.2) is 5.96 Å². The molecule has 1 aliphatic heterocycles. The Morgan fingerprint density at radius 1 is 1.11 bits per heavy atom. The number of nitrogens with zero attached hydrogens (tertiary/aromatic N) is 2. The molecule has 28 heavy (non-hydrogen) atoms. The zero-order valence-corrected chi connectivity index (χ0v) is 19.5. The Morgan fingerprint density at radius 2 is 1.82 bits per heavy atom. The third-order valence-corrected chi connectivity index (χ3v) is 5.64. The second kappa shape index (κ2) is 13.4. The number of aliphatic imine (C=N–C) groups is 1. The number of halogens is 1. The molecule has 2 fully saturated rings. The van der Waals surface area contributed by atoms with Crippen LogP contribution in [0.3, 0.4) is 0 Å². The van der Waals surface area contributed by atoms with Crippen molar-refractivity contribution in [1.29, 1.82) is 0 Å². The number of hydrogen-bond acceptors (Lipinski definition) is 3. The number of guanidine groups is 1. The molecule has 158 valence electrons. The molecule has 0 bridgehead atoms. The molecule has 0 spiro atoms. The first kappa shape index (κ1) is 23.4. The molecule has 0 atom stereocenters. The standard InChI is InChI=1S/C22H35N3O2.HI/c1-23-22(24-13-16-26-17-19-7-3-2-4-8-19)25-14-11-21(12-15-25)27-18-20-9-5-6-10-20;/h2-4,7-8,20-21H,5-6,9-18H2,1H3,(H,23,24);1H. The van der Waals surface area contributed by atoms with E-state index < -0.39 is 0 Å². The maximum absolute atomic E-state index is 6.18. The van der Waals surface area contributed by atoms with E-state index in [1.165, 1.54) is 31.2 Å². The fraction of sp³-hybridized carbons (Fsp3) is 0.682. The summed E-state index contributed by atoms with van der Waals surface area (Å²) in [5, 5.41) is 3.43. The van der Waals surface area contributed by atoms with Crippen LogP contribution in [0.2, 0.25) is 0 Å². The summed E-state index contributed by atoms with van der Waals surface area (Å²) in [5.41, 5.74) is 1.21. The van der Waals surface area contributed by atoms with Gasteiger partial charge in [-0.05, 0) is 37.2 Å². The zero-order valence-electron chi connectivity index (χ0n) is 17.1. The Kier molecular flexibility index (Phi) is 11.2. The van der Waals surface area contributed by atoms with Crippen LogP contribution in [-0.2, 0) is 16.1 Å². The maximum atomic E-state index is 6.18. The molecule has 3 rings (SSSR count). The maximum Gasteiger partial charge on any atom is 0.193 e. The number of piperidine rings is 1. The Balaban J connectivity index is 0.00000280. The van der Waals surface area contributed by atoms with Crippen LogP contribution in [-0.4, -0.2) is 56.9 Å². The van der Waals surface area contributed by atoms with Gasteiger partial charge in [0.05, 0.1) is 19.3 Å². The first-order chi connectivity index (χ1) is 13.3. The van der Waals surface area contributed by atoms with Gasteiger partial charge in [-0.1, -0.05) is 43.2 Å². The van der Waals surface area contributed by atoms with Gasteiger partial charge in [-0.25, -0.2) is 0 Å². The molecule has 1 aliphatic carbocycles. The van der Waals surface area contributed by atoms with E-state index in [0.717, 1.165) is 51.0 Å². The van der Waals surface area contributed by atoms with Gasteiger partial charge in [0.1, 0.15) is 0 Å². The summed E-state index contributed by atoms with van der Waals surface area (Å²) in [7, 11) is 1.86. The number of nitrogens with one attached hydrogen (secondary N) is 1. The molecule has 1 aromatic carbocycles. The Bertz CT molecular complexity index is 556. The molecule has 0 amide bonds. The quantitative estimate of drug-likeness (QED) is 0.253. The zero-order chi connectivity index (χ0) is 18.7. The molecular formula is C22H36IN3O2. The van der Waals surface area contributed by atoms with E-state index in [4.69, 9.17) is 9.47 Å². The Labute approximate surface area is 187 Å². The van der Waals surface area contributed by atoms with Crippen LogP contribution in [0.15, 0.2) is 35.3 Å². The highest BCUT2D eigenvalue weighted by atomic mass is 127. The summed E-state index contributed by atoms with van der Waals surface area (Å²) in [4.78, 5) is 6.78. The fourth-order valence-electron chi connectivity index (χ4n) is 4.02. The van der Waals surface area contributed by atoms with Gasteiger partial charge in [-0.15, -0.1) is 24.0 Å². The van der Waals surface area contributed by atoms with Crippen molar-refractivity contribution in [3.8, 4) is 0 Å². The second-order valence-electron chi connectivity index (χ2n) is 7.68. The van der Waals surface area contributed by atoms with E-state index >= 15 is 0 Å². The van der Waals surface area contributed by atoms with Crippen molar-refractivity contribution in [2.75, 3.05) is 39.9 Å². The van der Waals surface area contributed by atoms with E-state index in [2.05, 4.69) is 27.3 Å². The first-order valence-corrected chi connectivity index (χ1v) is 10.5. The van der Waals surface area contributed by atoms with Crippen LogP contribution in [0.25, 0.3) is 0 Å². The van der Waals surface area contributed by atoms with Crippen LogP contribution in [0.4, 0.5) is 0 Å². The van der Waals surface area contributed by atoms with Crippen molar-refractivity contribution < 1.29 is 9.47 Å². The van der Waals surface area contributed by atoms with Gasteiger partial charge in [0.2, 0.25) is 0 Å². The van der Waals surface area contributed by atoms with Crippen molar-refractivity contribution >= 4 is 29.9 Å². The average molecular weight is 501 g/mol. The monoisotopic (exact) mass is 501 g/mol. The molecule has 0 aromatic heterocycles. The molecule has 1 saturated heterocycles. The smallest absolute Gasteiger partial charge is 0.193 e. The van der Waals surface area contributed by atoms with Crippen LogP contribution < -0.4 is 5.32 Å². The van der Waals surface area contributed by atoms with Crippen molar-refractivity contribution in [3.63, 3.8) is 0 Å². The molecule has 5 nitrogen and oxygen atoms in total. The lowest BCUT2D eigenvalue weighted by Crippen LogP contribution is -2.47. The summed E-state index contributed by atoms with van der Waals surface area (Å²) in [6.45, 7) is 5.10. The van der Waals surface area contributed by atoms with E-state index in [0.29, 0.717) is 19.3 Å². The summed E-state index contributed by atoms with van der Waals surface area (Å²) in [6, 6.07) is 10.3. The number of hydrogen-bond donors (Lipinski definition) is 1. The molecular weight excluding hydrogens is 465 g/mol. The highest BCUT2D eigenvalue weighted by Gasteiger charge is 2.23. The van der Waals surface area contributed by atoms with Crippen LogP contribution in [0.1, 0.15) is 44.1 Å². The molecule has 1 aromatic rings. The minimum Gasteiger partial charge on any atom is -0.378 e. The summed E-state index contributed by atoms with van der Waals surface area (Å²) < 4.78 is 11.9. The van der Waals surface area contributed by atoms with E-state index in [9.17, 15) is 0 Å². The van der Waals surface area contributed by atoms with Crippen molar-refractivity contribution in [2.45, 2.75) is 51.2 Å². The fourth-order valence-corrected chi connectivity index (χ4v) is 4.02. The van der Waals surface area contributed by atoms with Gasteiger partial charge in [-0.3, -0.25) is 4.99 Å². The van der Waals surface area contributed by atoms with E-state index in [1.807, 2.05) is 25.2 Å². The third-order valence-electron chi connectivity index (χ3n) is 5.64. The van der Waals surface area contributed by atoms with Crippen LogP contribution >= 0.6 is 24.0 Å². The molecule has 1 heterocycles. The molecule has 2 aliphatic rings. The minimum atomic E-state index is 0. The number of likely N-dealkylation sites (tertiary alicyclic amines) is 1. The average Bonchev–Trinajstić information content (AvgIpc) is 3.24. The molecule has 6 heteroatoms. The lowest BCUT2D eigenvalue weighted by atomic mass is 10.1. The third kappa shape index (κ3) is 7.87. The summed E-state index contributed by atoms with van der Waals surface area (Å²) in [6.07, 6.45) is 8.13. The van der Waals surface area contributed by atoms with Gasteiger partial charge in [-0.2, -0.15) is 0 Å². The van der Waals surface area contributed by atoms with Gasteiger partial charge in [0.25, 0.3) is 0 Å². The van der Waals surface area contributed by atoms with Crippen molar-refractivity contribution in [1.82, 2.24) is 10.2 Å². The second-order valence-corrected chi connectivity index (χ2v) is 7.68. The van der Waals surface area contributed by atoms with Crippen molar-refractivity contribution in [2.24, 2.45) is 10.9 Å². The molecule has 0 unspecified atom stereocenters. The van der Waals surface area contributed by atoms with Gasteiger partial charge >= 0.3 is 0 Å². The predicted octanol–water partition coefficient (Wildman–Crippen LogP) is 4.07. The highest BCUT2D eigenvalue weighted by molar-refractivity contribution is 14.0. The molecule has 1 N–H and O–H groups in total. The summed E-state index contributed by atoms with van der Waals surface area (Å²) >= 11 is 0. The van der Waals surface area contributed by atoms with E-state index in [-0.39, 0.29) is 24.0 Å². The topological polar surface area (TPSA) is 46.1 Å². The number of rotatable bonds is 8. The number of benzene rings is 1. The Hall–Kier alpha value is -0.860. The predicted molar refractivity (Wildman–Crippen MR) is 125 cm³/mol. The first-order valence-electron chi connectivity index (χ1n) is 10.5. The SMILES string of the molecule is CN=C(NCCOCc1ccccc1)N1CCC(OCC2CCCC2)CC1.I. The van der Waals surface area contributed by atoms with Crippen LogP contribution in [0.5, 0.6) is 0 Å². The molecule has 1 saturated carbocycles. The molecule has 0 radical (unpaired) electrons. The van der Waals surface area contributed by atoms with Crippen molar-refractivity contribution in [3.05, 3.63) is 35.9 Å². The largest absolute Gasteiger partial charge is 0.378 e.